The zero-order valence-corrected chi connectivity index (χ0v) is 16.3. The Morgan fingerprint density at radius 1 is 1.33 bits per heavy atom. The Morgan fingerprint density at radius 2 is 2.07 bits per heavy atom. The van der Waals surface area contributed by atoms with Gasteiger partial charge in [0.15, 0.2) is 0 Å². The Labute approximate surface area is 163 Å². The molecule has 0 bridgehead atoms. The molecule has 2 saturated heterocycles. The summed E-state index contributed by atoms with van der Waals surface area (Å²) in [5.41, 5.74) is 1.85. The van der Waals surface area contributed by atoms with Crippen LogP contribution in [0.15, 0.2) is 40.8 Å². The summed E-state index contributed by atoms with van der Waals surface area (Å²) in [7, 11) is 0. The average molecular weight is 388 g/mol. The van der Waals surface area contributed by atoms with Gasteiger partial charge in [0.1, 0.15) is 6.61 Å². The number of amides is 1. The first-order valence-electron chi connectivity index (χ1n) is 9.18. The summed E-state index contributed by atoms with van der Waals surface area (Å²) >= 11 is 1.41. The Hall–Kier alpha value is -1.83. The van der Waals surface area contributed by atoms with Gasteiger partial charge < -0.3 is 14.8 Å². The summed E-state index contributed by atoms with van der Waals surface area (Å²) in [6.45, 7) is 5.45. The lowest BCUT2D eigenvalue weighted by Gasteiger charge is -2.37. The minimum atomic E-state index is -0.341. The van der Waals surface area contributed by atoms with E-state index in [0.29, 0.717) is 31.1 Å². The average Bonchev–Trinajstić information content (AvgIpc) is 2.96. The zero-order valence-electron chi connectivity index (χ0n) is 15.5. The quantitative estimate of drug-likeness (QED) is 0.750. The maximum Gasteiger partial charge on any atom is 0.344 e. The van der Waals surface area contributed by atoms with E-state index in [4.69, 9.17) is 9.47 Å². The Morgan fingerprint density at radius 3 is 2.74 bits per heavy atom. The molecule has 0 saturated carbocycles. The van der Waals surface area contributed by atoms with Gasteiger partial charge >= 0.3 is 5.97 Å². The van der Waals surface area contributed by atoms with E-state index >= 15 is 0 Å². The highest BCUT2D eigenvalue weighted by molar-refractivity contribution is 8.04. The highest BCUT2D eigenvalue weighted by Gasteiger charge is 2.45. The van der Waals surface area contributed by atoms with Crippen molar-refractivity contribution < 1.29 is 19.1 Å². The zero-order chi connectivity index (χ0) is 19.0. The van der Waals surface area contributed by atoms with Crippen LogP contribution < -0.4 is 10.6 Å². The third-order valence-corrected chi connectivity index (χ3v) is 6.64. The molecule has 4 rings (SSSR count). The molecule has 1 aromatic carbocycles. The molecule has 0 spiro atoms. The fraction of sp³-hybridized carbons (Fsp3) is 0.500. The third kappa shape index (κ3) is 3.77. The van der Waals surface area contributed by atoms with Crippen molar-refractivity contribution in [1.29, 1.82) is 0 Å². The van der Waals surface area contributed by atoms with Crippen LogP contribution in [0.25, 0.3) is 0 Å². The van der Waals surface area contributed by atoms with Gasteiger partial charge in [-0.2, -0.15) is 0 Å². The SMILES string of the molecule is CC1=C(C(=O)OCC2(C)COC2)SC2NC(Cc3ccccc3)NC(=O)C12. The van der Waals surface area contributed by atoms with Crippen LogP contribution in [0.2, 0.25) is 0 Å². The van der Waals surface area contributed by atoms with Gasteiger partial charge in [-0.3, -0.25) is 10.1 Å². The molecule has 2 fully saturated rings. The predicted octanol–water partition coefficient (Wildman–Crippen LogP) is 1.82. The van der Waals surface area contributed by atoms with Crippen LogP contribution in [-0.2, 0) is 25.5 Å². The van der Waals surface area contributed by atoms with Crippen LogP contribution >= 0.6 is 11.8 Å². The van der Waals surface area contributed by atoms with Crippen molar-refractivity contribution in [2.24, 2.45) is 11.3 Å². The summed E-state index contributed by atoms with van der Waals surface area (Å²) in [5, 5.41) is 6.36. The van der Waals surface area contributed by atoms with E-state index in [2.05, 4.69) is 10.6 Å². The summed E-state index contributed by atoms with van der Waals surface area (Å²) < 4.78 is 10.7. The summed E-state index contributed by atoms with van der Waals surface area (Å²) in [6.07, 6.45) is 0.552. The normalized spacial score (nSPS) is 29.0. The number of nitrogens with one attached hydrogen (secondary N) is 2. The molecule has 1 aromatic rings. The van der Waals surface area contributed by atoms with Gasteiger partial charge in [0.25, 0.3) is 0 Å². The molecule has 6 nitrogen and oxygen atoms in total. The molecule has 0 aromatic heterocycles. The van der Waals surface area contributed by atoms with E-state index in [1.165, 1.54) is 11.8 Å². The fourth-order valence-corrected chi connectivity index (χ4v) is 5.05. The third-order valence-electron chi connectivity index (χ3n) is 5.26. The highest BCUT2D eigenvalue weighted by atomic mass is 32.2. The van der Waals surface area contributed by atoms with Crippen molar-refractivity contribution in [1.82, 2.24) is 10.6 Å². The van der Waals surface area contributed by atoms with Crippen LogP contribution in [0.4, 0.5) is 0 Å². The maximum absolute atomic E-state index is 12.7. The Bertz CT molecular complexity index is 775. The topological polar surface area (TPSA) is 76.7 Å². The van der Waals surface area contributed by atoms with Crippen LogP contribution in [0, 0.1) is 11.3 Å². The molecule has 27 heavy (non-hydrogen) atoms. The summed E-state index contributed by atoms with van der Waals surface area (Å²) in [6, 6.07) is 10.0. The second-order valence-corrected chi connectivity index (χ2v) is 8.98. The lowest BCUT2D eigenvalue weighted by molar-refractivity contribution is -0.160. The number of rotatable bonds is 5. The molecule has 1 amide bonds. The molecule has 3 aliphatic rings. The summed E-state index contributed by atoms with van der Waals surface area (Å²) in [5.74, 6) is -0.715. The van der Waals surface area contributed by atoms with Crippen molar-refractivity contribution >= 4 is 23.6 Å². The molecule has 3 heterocycles. The van der Waals surface area contributed by atoms with Gasteiger partial charge in [-0.05, 0) is 18.1 Å². The van der Waals surface area contributed by atoms with Crippen molar-refractivity contribution in [3.63, 3.8) is 0 Å². The maximum atomic E-state index is 12.7. The van der Waals surface area contributed by atoms with E-state index < -0.39 is 0 Å². The molecule has 3 atom stereocenters. The van der Waals surface area contributed by atoms with E-state index in [1.807, 2.05) is 44.2 Å². The predicted molar refractivity (Wildman–Crippen MR) is 103 cm³/mol. The number of ether oxygens (including phenoxy) is 2. The first-order chi connectivity index (χ1) is 13.0. The van der Waals surface area contributed by atoms with E-state index in [-0.39, 0.29) is 34.7 Å². The number of esters is 1. The lowest BCUT2D eigenvalue weighted by Crippen LogP contribution is -2.60. The van der Waals surface area contributed by atoms with Crippen LogP contribution in [0.3, 0.4) is 0 Å². The van der Waals surface area contributed by atoms with Crippen molar-refractivity contribution in [2.75, 3.05) is 19.8 Å². The Kier molecular flexibility index (Phi) is 5.01. The number of hydrogen-bond donors (Lipinski definition) is 2. The van der Waals surface area contributed by atoms with E-state index in [9.17, 15) is 9.59 Å². The molecule has 0 aliphatic carbocycles. The minimum absolute atomic E-state index is 0.0353. The molecular weight excluding hydrogens is 364 g/mol. The molecule has 0 radical (unpaired) electrons. The molecule has 3 unspecified atom stereocenters. The molecule has 144 valence electrons. The standard InChI is InChI=1S/C20H24N2O4S/c1-12-15-17(23)21-14(8-13-6-4-3-5-7-13)22-18(15)27-16(12)19(24)26-11-20(2)9-25-10-20/h3-7,14-15,18,22H,8-11H2,1-2H3,(H,21,23). The number of carbonyl (C=O) groups excluding carboxylic acids is 2. The van der Waals surface area contributed by atoms with Crippen molar-refractivity contribution in [3.05, 3.63) is 46.4 Å². The van der Waals surface area contributed by atoms with Gasteiger partial charge in [0.05, 0.1) is 35.6 Å². The van der Waals surface area contributed by atoms with Crippen molar-refractivity contribution in [3.8, 4) is 0 Å². The fourth-order valence-electron chi connectivity index (χ4n) is 3.63. The van der Waals surface area contributed by atoms with Gasteiger partial charge in [0.2, 0.25) is 5.91 Å². The molecule has 2 N–H and O–H groups in total. The number of benzene rings is 1. The first-order valence-corrected chi connectivity index (χ1v) is 10.1. The van der Waals surface area contributed by atoms with Gasteiger partial charge in [-0.25, -0.2) is 4.79 Å². The Balaban J connectivity index is 1.40. The smallest absolute Gasteiger partial charge is 0.344 e. The minimum Gasteiger partial charge on any atom is -0.461 e. The molecular formula is C20H24N2O4S. The second-order valence-electron chi connectivity index (χ2n) is 7.83. The van der Waals surface area contributed by atoms with Crippen LogP contribution in [-0.4, -0.2) is 43.2 Å². The number of carbonyl (C=O) groups is 2. The van der Waals surface area contributed by atoms with Crippen molar-refractivity contribution in [2.45, 2.75) is 31.8 Å². The van der Waals surface area contributed by atoms with Gasteiger partial charge in [0, 0.05) is 11.8 Å². The molecule has 7 heteroatoms. The van der Waals surface area contributed by atoms with E-state index in [0.717, 1.165) is 11.1 Å². The summed E-state index contributed by atoms with van der Waals surface area (Å²) in [4.78, 5) is 25.8. The monoisotopic (exact) mass is 388 g/mol. The number of thioether (sulfide) groups is 1. The second kappa shape index (κ2) is 7.30. The van der Waals surface area contributed by atoms with Crippen LogP contribution in [0.5, 0.6) is 0 Å². The molecule has 3 aliphatic heterocycles. The van der Waals surface area contributed by atoms with Gasteiger partial charge in [-0.15, -0.1) is 0 Å². The van der Waals surface area contributed by atoms with Crippen LogP contribution in [0.1, 0.15) is 19.4 Å². The first kappa shape index (κ1) is 18.5. The lowest BCUT2D eigenvalue weighted by atomic mass is 9.90. The number of hydrogen-bond acceptors (Lipinski definition) is 6. The highest BCUT2D eigenvalue weighted by Crippen LogP contribution is 2.43. The largest absolute Gasteiger partial charge is 0.461 e. The number of fused-ring (bicyclic) bond motifs is 1. The van der Waals surface area contributed by atoms with Gasteiger partial charge in [-0.1, -0.05) is 49.0 Å². The van der Waals surface area contributed by atoms with E-state index in [1.54, 1.807) is 0 Å².